The van der Waals surface area contributed by atoms with Gasteiger partial charge in [-0.3, -0.25) is 19.2 Å². The highest BCUT2D eigenvalue weighted by Gasteiger charge is 2.14. The Morgan fingerprint density at radius 2 is 0.557 bits per heavy atom. The third-order valence-electron chi connectivity index (χ3n) is 9.87. The summed E-state index contributed by atoms with van der Waals surface area (Å²) in [6.07, 6.45) is 2.26. The van der Waals surface area contributed by atoms with Crippen LogP contribution in [0.4, 0.5) is 0 Å². The molecule has 0 saturated heterocycles. The van der Waals surface area contributed by atoms with Crippen LogP contribution in [-0.2, 0) is 77.8 Å². The molecule has 0 aliphatic rings. The second kappa shape index (κ2) is 28.7. The smallest absolute Gasteiger partial charge is 0.306 e. The third-order valence-corrected chi connectivity index (χ3v) is 12.0. The molecule has 0 unspecified atom stereocenters. The third kappa shape index (κ3) is 20.2. The standard InChI is InChI=1S/C54H48Br4O12/c55-43-11-3-37(4-12-43)31-65-47-25-41(26-48(29-47)66-32-38-5-13-44(56)14-6-38)35-69-53(61)21-19-51(59)63-23-1-2-24-64-52(60)20-22-54(62)70-36-42-27-49(67-33-39-7-15-45(57)16-8-39)30-50(28-42)68-34-40-9-17-46(58)18-10-40/h1-18,25-30H,19-24,31-36H2/b2-1-. The van der Waals surface area contributed by atoms with Crippen LogP contribution in [0.1, 0.15) is 59.1 Å². The molecule has 0 radical (unpaired) electrons. The molecule has 0 heterocycles. The maximum Gasteiger partial charge on any atom is 0.306 e. The monoisotopic (exact) mass is 1200 g/mol. The predicted molar refractivity (Wildman–Crippen MR) is 276 cm³/mol. The Balaban J connectivity index is 0.865. The van der Waals surface area contributed by atoms with Gasteiger partial charge in [-0.15, -0.1) is 0 Å². The van der Waals surface area contributed by atoms with Gasteiger partial charge in [-0.1, -0.05) is 112 Å². The molecule has 70 heavy (non-hydrogen) atoms. The minimum absolute atomic E-state index is 0.0644. The molecule has 0 spiro atoms. The fourth-order valence-corrected chi connectivity index (χ4v) is 7.25. The number of benzene rings is 6. The molecule has 0 amide bonds. The number of ether oxygens (including phenoxy) is 8. The molecule has 16 heteroatoms. The molecule has 0 atom stereocenters. The van der Waals surface area contributed by atoms with Crippen molar-refractivity contribution in [1.29, 1.82) is 0 Å². The first-order valence-corrected chi connectivity index (χ1v) is 25.1. The first kappa shape index (κ1) is 53.4. The summed E-state index contributed by atoms with van der Waals surface area (Å²) in [6.45, 7) is 0.962. The first-order valence-electron chi connectivity index (χ1n) is 21.9. The van der Waals surface area contributed by atoms with Crippen molar-refractivity contribution in [2.24, 2.45) is 0 Å². The predicted octanol–water partition coefficient (Wildman–Crippen LogP) is 13.0. The molecule has 0 fully saturated rings. The van der Waals surface area contributed by atoms with Crippen LogP contribution in [0.15, 0.2) is 164 Å². The summed E-state index contributed by atoms with van der Waals surface area (Å²) < 4.78 is 49.4. The van der Waals surface area contributed by atoms with Crippen molar-refractivity contribution in [2.45, 2.75) is 65.3 Å². The summed E-state index contributed by atoms with van der Waals surface area (Å²) in [5, 5.41) is 0. The van der Waals surface area contributed by atoms with E-state index in [1.807, 2.05) is 97.1 Å². The number of halogens is 4. The Kier molecular flexibility index (Phi) is 21.9. The van der Waals surface area contributed by atoms with Crippen LogP contribution in [-0.4, -0.2) is 37.1 Å². The maximum atomic E-state index is 12.6. The quantitative estimate of drug-likeness (QED) is 0.0290. The molecule has 0 aliphatic heterocycles. The first-order chi connectivity index (χ1) is 33.9. The Hall–Kier alpha value is -5.94. The van der Waals surface area contributed by atoms with E-state index in [-0.39, 0.29) is 52.1 Å². The van der Waals surface area contributed by atoms with Gasteiger partial charge >= 0.3 is 23.9 Å². The van der Waals surface area contributed by atoms with E-state index in [1.165, 1.54) is 12.2 Å². The van der Waals surface area contributed by atoms with Crippen molar-refractivity contribution in [3.8, 4) is 23.0 Å². The summed E-state index contributed by atoms with van der Waals surface area (Å²) >= 11 is 13.8. The number of carbonyl (C=O) groups is 4. The number of hydrogen-bond acceptors (Lipinski definition) is 12. The summed E-state index contributed by atoms with van der Waals surface area (Å²) in [6, 6.07) is 41.8. The van der Waals surface area contributed by atoms with Crippen LogP contribution in [0.25, 0.3) is 0 Å². The van der Waals surface area contributed by atoms with E-state index in [9.17, 15) is 19.2 Å². The van der Waals surface area contributed by atoms with Crippen LogP contribution < -0.4 is 18.9 Å². The van der Waals surface area contributed by atoms with E-state index in [1.54, 1.807) is 36.4 Å². The van der Waals surface area contributed by atoms with E-state index >= 15 is 0 Å². The zero-order valence-corrected chi connectivity index (χ0v) is 44.1. The van der Waals surface area contributed by atoms with Crippen molar-refractivity contribution in [3.05, 3.63) is 197 Å². The Bertz CT molecular complexity index is 2350. The molecule has 0 N–H and O–H groups in total. The van der Waals surface area contributed by atoms with Gasteiger partial charge in [-0.2, -0.15) is 0 Å². The molecule has 0 aliphatic carbocycles. The average molecular weight is 1210 g/mol. The van der Waals surface area contributed by atoms with Crippen LogP contribution in [0.5, 0.6) is 23.0 Å². The summed E-state index contributed by atoms with van der Waals surface area (Å²) in [5.74, 6) is -0.214. The highest BCUT2D eigenvalue weighted by Crippen LogP contribution is 2.28. The normalized spacial score (nSPS) is 10.9. The Morgan fingerprint density at radius 3 is 0.814 bits per heavy atom. The van der Waals surface area contributed by atoms with Crippen LogP contribution in [0, 0.1) is 0 Å². The van der Waals surface area contributed by atoms with Gasteiger partial charge in [0.25, 0.3) is 0 Å². The summed E-state index contributed by atoms with van der Waals surface area (Å²) in [7, 11) is 0. The molecule has 0 aromatic heterocycles. The van der Waals surface area contributed by atoms with Crippen molar-refractivity contribution < 1.29 is 57.1 Å². The molecule has 6 rings (SSSR count). The van der Waals surface area contributed by atoms with Crippen LogP contribution in [0.3, 0.4) is 0 Å². The fourth-order valence-electron chi connectivity index (χ4n) is 6.19. The topological polar surface area (TPSA) is 142 Å². The van der Waals surface area contributed by atoms with Gasteiger partial charge in [0, 0.05) is 30.0 Å². The van der Waals surface area contributed by atoms with Gasteiger partial charge in [0.2, 0.25) is 0 Å². The molecule has 0 bridgehead atoms. The lowest BCUT2D eigenvalue weighted by Gasteiger charge is -2.13. The largest absolute Gasteiger partial charge is 0.489 e. The lowest BCUT2D eigenvalue weighted by Crippen LogP contribution is -2.11. The molecule has 6 aromatic carbocycles. The molecule has 6 aromatic rings. The minimum Gasteiger partial charge on any atom is -0.489 e. The van der Waals surface area contributed by atoms with Crippen molar-refractivity contribution >= 4 is 87.6 Å². The highest BCUT2D eigenvalue weighted by molar-refractivity contribution is 9.11. The zero-order chi connectivity index (χ0) is 49.5. The van der Waals surface area contributed by atoms with Gasteiger partial charge in [0.15, 0.2) is 0 Å². The molecular weight excluding hydrogens is 1160 g/mol. The van der Waals surface area contributed by atoms with Gasteiger partial charge < -0.3 is 37.9 Å². The fraction of sp³-hybridized carbons (Fsp3) is 0.222. The summed E-state index contributed by atoms with van der Waals surface area (Å²) in [4.78, 5) is 49.9. The van der Waals surface area contributed by atoms with E-state index in [0.717, 1.165) is 40.1 Å². The lowest BCUT2D eigenvalue weighted by atomic mass is 10.2. The van der Waals surface area contributed by atoms with Gasteiger partial charge in [0.05, 0.1) is 25.7 Å². The second-order valence-electron chi connectivity index (χ2n) is 15.4. The number of carbonyl (C=O) groups excluding carboxylic acids is 4. The van der Waals surface area contributed by atoms with Gasteiger partial charge in [-0.25, -0.2) is 0 Å². The number of esters is 4. The number of hydrogen-bond donors (Lipinski definition) is 0. The summed E-state index contributed by atoms with van der Waals surface area (Å²) in [5.41, 5.74) is 5.18. The van der Waals surface area contributed by atoms with Crippen molar-refractivity contribution in [2.75, 3.05) is 13.2 Å². The lowest BCUT2D eigenvalue weighted by molar-refractivity contribution is -0.150. The van der Waals surface area contributed by atoms with Gasteiger partial charge in [0.1, 0.15) is 75.9 Å². The highest BCUT2D eigenvalue weighted by atomic mass is 79.9. The molecule has 364 valence electrons. The van der Waals surface area contributed by atoms with E-state index in [4.69, 9.17) is 37.9 Å². The Labute approximate surface area is 440 Å². The molecule has 12 nitrogen and oxygen atoms in total. The van der Waals surface area contributed by atoms with E-state index < -0.39 is 23.9 Å². The molecular formula is C54H48Br4O12. The van der Waals surface area contributed by atoms with Crippen LogP contribution in [0.2, 0.25) is 0 Å². The zero-order valence-electron chi connectivity index (χ0n) is 37.8. The van der Waals surface area contributed by atoms with E-state index in [2.05, 4.69) is 63.7 Å². The SMILES string of the molecule is O=C(CCC(=O)OCc1cc(OCc2ccc(Br)cc2)cc(OCc2ccc(Br)cc2)c1)OC/C=C\COC(=O)CCC(=O)OCc1cc(OCc2ccc(Br)cc2)cc(OCc2ccc(Br)cc2)c1. The molecule has 0 saturated carbocycles. The van der Waals surface area contributed by atoms with Crippen molar-refractivity contribution in [3.63, 3.8) is 0 Å². The minimum atomic E-state index is -0.603. The Morgan fingerprint density at radius 1 is 0.314 bits per heavy atom. The average Bonchev–Trinajstić information content (AvgIpc) is 3.36. The van der Waals surface area contributed by atoms with Crippen molar-refractivity contribution in [1.82, 2.24) is 0 Å². The van der Waals surface area contributed by atoms with Gasteiger partial charge in [-0.05, 0) is 118 Å². The van der Waals surface area contributed by atoms with Crippen LogP contribution >= 0.6 is 63.7 Å². The maximum absolute atomic E-state index is 12.6. The number of rotatable bonds is 26. The van der Waals surface area contributed by atoms with E-state index in [0.29, 0.717) is 60.6 Å². The second-order valence-corrected chi connectivity index (χ2v) is 19.1.